The molecule has 3 heteroatoms. The first kappa shape index (κ1) is 15.5. The van der Waals surface area contributed by atoms with Gasteiger partial charge in [0.1, 0.15) is 0 Å². The summed E-state index contributed by atoms with van der Waals surface area (Å²) in [4.78, 5) is 11.5. The van der Waals surface area contributed by atoms with Gasteiger partial charge in [-0.05, 0) is 30.6 Å². The molecule has 0 amide bonds. The van der Waals surface area contributed by atoms with E-state index < -0.39 is 0 Å². The molecule has 0 aromatic carbocycles. The first-order valence-electron chi connectivity index (χ1n) is 7.29. The Morgan fingerprint density at radius 3 is 2.50 bits per heavy atom. The summed E-state index contributed by atoms with van der Waals surface area (Å²) in [6, 6.07) is 0. The Morgan fingerprint density at radius 2 is 2.00 bits per heavy atom. The lowest BCUT2D eigenvalue weighted by Gasteiger charge is -2.32. The molecule has 0 bridgehead atoms. The van der Waals surface area contributed by atoms with Gasteiger partial charge in [-0.15, -0.1) is 0 Å². The van der Waals surface area contributed by atoms with Crippen LogP contribution in [0.2, 0.25) is 0 Å². The van der Waals surface area contributed by atoms with Crippen molar-refractivity contribution in [2.45, 2.75) is 52.9 Å². The van der Waals surface area contributed by atoms with Crippen molar-refractivity contribution in [3.05, 3.63) is 0 Å². The molecular weight excluding hydrogens is 226 g/mol. The zero-order valence-corrected chi connectivity index (χ0v) is 12.4. The fourth-order valence-corrected chi connectivity index (χ4v) is 2.98. The molecule has 0 saturated heterocycles. The number of carbonyl (C=O) groups is 1. The Labute approximate surface area is 112 Å². The molecule has 0 heterocycles. The fourth-order valence-electron chi connectivity index (χ4n) is 2.98. The van der Waals surface area contributed by atoms with E-state index in [-0.39, 0.29) is 11.9 Å². The number of nitrogens with one attached hydrogen (secondary N) is 1. The maximum atomic E-state index is 11.5. The van der Waals surface area contributed by atoms with Crippen LogP contribution in [0.15, 0.2) is 0 Å². The van der Waals surface area contributed by atoms with Gasteiger partial charge in [-0.1, -0.05) is 33.6 Å². The molecule has 0 aromatic heterocycles. The molecule has 3 nitrogen and oxygen atoms in total. The van der Waals surface area contributed by atoms with Crippen molar-refractivity contribution in [1.82, 2.24) is 5.32 Å². The van der Waals surface area contributed by atoms with Crippen molar-refractivity contribution in [2.75, 3.05) is 20.2 Å². The van der Waals surface area contributed by atoms with Crippen LogP contribution >= 0.6 is 0 Å². The van der Waals surface area contributed by atoms with Crippen LogP contribution in [0, 0.1) is 17.3 Å². The first-order valence-corrected chi connectivity index (χ1v) is 7.29. The summed E-state index contributed by atoms with van der Waals surface area (Å²) < 4.78 is 4.81. The molecule has 1 N–H and O–H groups in total. The third kappa shape index (κ3) is 4.27. The molecule has 1 saturated carbocycles. The Balaban J connectivity index is 2.32. The molecule has 1 rings (SSSR count). The quantitative estimate of drug-likeness (QED) is 0.711. The predicted molar refractivity (Wildman–Crippen MR) is 74.4 cm³/mol. The van der Waals surface area contributed by atoms with Crippen molar-refractivity contribution in [3.63, 3.8) is 0 Å². The van der Waals surface area contributed by atoms with E-state index in [0.29, 0.717) is 5.41 Å². The number of rotatable bonds is 7. The van der Waals surface area contributed by atoms with E-state index in [1.807, 2.05) is 6.92 Å². The predicted octanol–water partition coefficient (Wildman–Crippen LogP) is 2.99. The van der Waals surface area contributed by atoms with Crippen LogP contribution in [0.4, 0.5) is 0 Å². The highest BCUT2D eigenvalue weighted by Gasteiger charge is 2.31. The lowest BCUT2D eigenvalue weighted by Crippen LogP contribution is -2.38. The number of hydrogen-bond donors (Lipinski definition) is 1. The Hall–Kier alpha value is -0.570. The molecule has 18 heavy (non-hydrogen) atoms. The summed E-state index contributed by atoms with van der Waals surface area (Å²) in [5.74, 6) is 0.737. The van der Waals surface area contributed by atoms with E-state index in [0.717, 1.165) is 25.4 Å². The number of carbonyl (C=O) groups excluding carboxylic acids is 1. The minimum Gasteiger partial charge on any atom is -0.469 e. The maximum Gasteiger partial charge on any atom is 0.309 e. The van der Waals surface area contributed by atoms with Gasteiger partial charge < -0.3 is 10.1 Å². The van der Waals surface area contributed by atoms with E-state index in [9.17, 15) is 4.79 Å². The standard InChI is InChI=1S/C15H29NO2/c1-5-12(14(17)18-4)10-16-11-15(2,3)13-8-6-7-9-13/h12-13,16H,5-11H2,1-4H3. The third-order valence-electron chi connectivity index (χ3n) is 4.46. The monoisotopic (exact) mass is 255 g/mol. The average Bonchev–Trinajstić information content (AvgIpc) is 2.88. The van der Waals surface area contributed by atoms with E-state index in [2.05, 4.69) is 19.2 Å². The Bertz CT molecular complexity index is 257. The van der Waals surface area contributed by atoms with Crippen LogP contribution in [0.25, 0.3) is 0 Å². The fraction of sp³-hybridized carbons (Fsp3) is 0.933. The minimum atomic E-state index is -0.0938. The lowest BCUT2D eigenvalue weighted by molar-refractivity contribution is -0.145. The topological polar surface area (TPSA) is 38.3 Å². The van der Waals surface area contributed by atoms with Gasteiger partial charge in [-0.25, -0.2) is 0 Å². The van der Waals surface area contributed by atoms with Gasteiger partial charge in [-0.2, -0.15) is 0 Å². The maximum absolute atomic E-state index is 11.5. The number of ether oxygens (including phenoxy) is 1. The highest BCUT2D eigenvalue weighted by atomic mass is 16.5. The third-order valence-corrected chi connectivity index (χ3v) is 4.46. The molecule has 1 unspecified atom stereocenters. The van der Waals surface area contributed by atoms with Crippen LogP contribution in [0.3, 0.4) is 0 Å². The summed E-state index contributed by atoms with van der Waals surface area (Å²) in [6.07, 6.45) is 6.33. The molecule has 106 valence electrons. The van der Waals surface area contributed by atoms with Crippen molar-refractivity contribution in [3.8, 4) is 0 Å². The molecule has 0 aliphatic heterocycles. The van der Waals surface area contributed by atoms with E-state index in [4.69, 9.17) is 4.74 Å². The highest BCUT2D eigenvalue weighted by Crippen LogP contribution is 2.38. The van der Waals surface area contributed by atoms with Gasteiger partial charge in [0.15, 0.2) is 0 Å². The second-order valence-corrected chi connectivity index (χ2v) is 6.23. The second kappa shape index (κ2) is 7.13. The SMILES string of the molecule is CCC(CNCC(C)(C)C1CCCC1)C(=O)OC. The van der Waals surface area contributed by atoms with Gasteiger partial charge in [-0.3, -0.25) is 4.79 Å². The zero-order valence-electron chi connectivity index (χ0n) is 12.4. The van der Waals surface area contributed by atoms with Crippen molar-refractivity contribution < 1.29 is 9.53 Å². The Morgan fingerprint density at radius 1 is 1.39 bits per heavy atom. The summed E-state index contributed by atoms with van der Waals surface area (Å²) >= 11 is 0. The highest BCUT2D eigenvalue weighted by molar-refractivity contribution is 5.72. The van der Waals surface area contributed by atoms with Crippen LogP contribution in [0.5, 0.6) is 0 Å². The molecule has 0 aromatic rings. The van der Waals surface area contributed by atoms with E-state index >= 15 is 0 Å². The summed E-state index contributed by atoms with van der Waals surface area (Å²) in [5, 5.41) is 3.47. The van der Waals surface area contributed by atoms with Gasteiger partial charge in [0.05, 0.1) is 13.0 Å². The number of esters is 1. The minimum absolute atomic E-state index is 0.00521. The molecule has 0 radical (unpaired) electrons. The first-order chi connectivity index (χ1) is 8.51. The van der Waals surface area contributed by atoms with E-state index in [1.54, 1.807) is 0 Å². The normalized spacial score (nSPS) is 18.9. The largest absolute Gasteiger partial charge is 0.469 e. The molecule has 1 atom stereocenters. The zero-order chi connectivity index (χ0) is 13.6. The summed E-state index contributed by atoms with van der Waals surface area (Å²) in [6.45, 7) is 8.44. The second-order valence-electron chi connectivity index (χ2n) is 6.23. The average molecular weight is 255 g/mol. The molecule has 1 fully saturated rings. The van der Waals surface area contributed by atoms with Crippen molar-refractivity contribution in [2.24, 2.45) is 17.3 Å². The van der Waals surface area contributed by atoms with Gasteiger partial charge in [0, 0.05) is 13.1 Å². The summed E-state index contributed by atoms with van der Waals surface area (Å²) in [5.41, 5.74) is 0.338. The molecule has 1 aliphatic carbocycles. The van der Waals surface area contributed by atoms with Gasteiger partial charge in [0.2, 0.25) is 0 Å². The van der Waals surface area contributed by atoms with Crippen LogP contribution in [-0.2, 0) is 9.53 Å². The van der Waals surface area contributed by atoms with E-state index in [1.165, 1.54) is 32.8 Å². The lowest BCUT2D eigenvalue weighted by atomic mass is 9.77. The summed E-state index contributed by atoms with van der Waals surface area (Å²) in [7, 11) is 1.47. The van der Waals surface area contributed by atoms with Crippen molar-refractivity contribution >= 4 is 5.97 Å². The van der Waals surface area contributed by atoms with Crippen LogP contribution in [0.1, 0.15) is 52.9 Å². The smallest absolute Gasteiger partial charge is 0.309 e. The van der Waals surface area contributed by atoms with Gasteiger partial charge >= 0.3 is 5.97 Å². The number of hydrogen-bond acceptors (Lipinski definition) is 3. The van der Waals surface area contributed by atoms with Gasteiger partial charge in [0.25, 0.3) is 0 Å². The molecule has 1 aliphatic rings. The molecular formula is C15H29NO2. The molecule has 0 spiro atoms. The van der Waals surface area contributed by atoms with Crippen molar-refractivity contribution in [1.29, 1.82) is 0 Å². The Kier molecular flexibility index (Phi) is 6.13. The number of methoxy groups -OCH3 is 1. The van der Waals surface area contributed by atoms with Crippen LogP contribution < -0.4 is 5.32 Å². The van der Waals surface area contributed by atoms with Crippen LogP contribution in [-0.4, -0.2) is 26.2 Å².